The monoisotopic (exact) mass is 953 g/mol. The van der Waals surface area contributed by atoms with Crippen LogP contribution in [0.15, 0.2) is 134 Å². The van der Waals surface area contributed by atoms with Gasteiger partial charge in [-0.3, -0.25) is 14.4 Å². The summed E-state index contributed by atoms with van der Waals surface area (Å²) in [4.78, 5) is 38.1. The second-order valence-corrected chi connectivity index (χ2v) is 17.8. The number of unbranched alkanes of at least 4 members (excludes halogenated alkanes) is 19. The zero-order valence-corrected chi connectivity index (χ0v) is 44.3. The van der Waals surface area contributed by atoms with Crippen LogP contribution in [-0.4, -0.2) is 37.2 Å². The van der Waals surface area contributed by atoms with Crippen molar-refractivity contribution in [3.8, 4) is 0 Å². The maximum absolute atomic E-state index is 12.9. The second kappa shape index (κ2) is 56.1. The van der Waals surface area contributed by atoms with Crippen molar-refractivity contribution in [2.45, 2.75) is 232 Å². The number of hydrogen-bond acceptors (Lipinski definition) is 6. The summed E-state index contributed by atoms with van der Waals surface area (Å²) in [6.07, 6.45) is 78.7. The molecule has 69 heavy (non-hydrogen) atoms. The minimum Gasteiger partial charge on any atom is -0.462 e. The maximum atomic E-state index is 12.9. The SMILES string of the molecule is CC/C=C/C=C/C=C/C=C/CCCCCC(=O)OCC(COC(=O)CCCCC/C=C/C/C=C/C/C=C/C/C=C/C/C=C/CC)OC(=O)CCCCCCCCCCCC/C=C/C=C/CCCCC. The fourth-order valence-corrected chi connectivity index (χ4v) is 7.12. The summed E-state index contributed by atoms with van der Waals surface area (Å²) in [5.74, 6) is -0.992. The molecule has 0 N–H and O–H groups in total. The average Bonchev–Trinajstić information content (AvgIpc) is 3.35. The highest BCUT2D eigenvalue weighted by Gasteiger charge is 2.19. The van der Waals surface area contributed by atoms with Crippen molar-refractivity contribution < 1.29 is 28.6 Å². The van der Waals surface area contributed by atoms with E-state index in [1.54, 1.807) is 0 Å². The maximum Gasteiger partial charge on any atom is 0.306 e. The van der Waals surface area contributed by atoms with E-state index in [4.69, 9.17) is 14.2 Å². The van der Waals surface area contributed by atoms with Gasteiger partial charge in [0.1, 0.15) is 13.2 Å². The zero-order valence-electron chi connectivity index (χ0n) is 44.3. The standard InChI is InChI=1S/C63H100O6/c1-4-7-10-13-16-19-22-25-27-29-31-33-35-38-41-44-47-50-53-56-62(65)68-59-60(58-67-61(64)55-52-49-46-43-40-37-24-21-18-15-12-9-6-3)69-63(66)57-54-51-48-45-42-39-36-34-32-30-28-26-23-20-17-14-11-8-5-2/h7,9-10,12,15-21,23-27,31,33,37-38,40-41,60H,4-6,8,11,13-14,22,28-30,32,34-36,39,42-59H2,1-3H3/b10-7+,12-9+,18-15+,19-16+,20-17+,24-21+,26-23+,27-25+,33-31+,40-37+,41-38+. The molecule has 0 aromatic rings. The van der Waals surface area contributed by atoms with Gasteiger partial charge in [-0.1, -0.05) is 231 Å². The number of hydrogen-bond donors (Lipinski definition) is 0. The van der Waals surface area contributed by atoms with E-state index in [0.717, 1.165) is 109 Å². The predicted octanol–water partition coefficient (Wildman–Crippen LogP) is 18.6. The Morgan fingerprint density at radius 1 is 0.319 bits per heavy atom. The summed E-state index contributed by atoms with van der Waals surface area (Å²) in [6, 6.07) is 0. The summed E-state index contributed by atoms with van der Waals surface area (Å²) in [6.45, 7) is 6.28. The summed E-state index contributed by atoms with van der Waals surface area (Å²) >= 11 is 0. The highest BCUT2D eigenvalue weighted by molar-refractivity contribution is 5.71. The smallest absolute Gasteiger partial charge is 0.306 e. The van der Waals surface area contributed by atoms with Crippen LogP contribution in [0, 0.1) is 0 Å². The fourth-order valence-electron chi connectivity index (χ4n) is 7.12. The van der Waals surface area contributed by atoms with Gasteiger partial charge in [-0.15, -0.1) is 0 Å². The van der Waals surface area contributed by atoms with Crippen molar-refractivity contribution in [3.05, 3.63) is 134 Å². The van der Waals surface area contributed by atoms with Gasteiger partial charge in [0.25, 0.3) is 0 Å². The number of rotatable bonds is 48. The molecule has 6 heteroatoms. The van der Waals surface area contributed by atoms with E-state index in [1.165, 1.54) is 77.0 Å². The molecule has 0 aromatic heterocycles. The van der Waals surface area contributed by atoms with Gasteiger partial charge in [0.15, 0.2) is 6.10 Å². The zero-order chi connectivity index (χ0) is 50.0. The Labute approximate surface area is 424 Å². The second-order valence-electron chi connectivity index (χ2n) is 17.8. The minimum absolute atomic E-state index is 0.114. The third-order valence-electron chi connectivity index (χ3n) is 11.2. The van der Waals surface area contributed by atoms with Gasteiger partial charge in [0, 0.05) is 19.3 Å². The number of esters is 3. The molecule has 1 unspecified atom stereocenters. The third kappa shape index (κ3) is 54.4. The molecule has 0 aliphatic rings. The quantitative estimate of drug-likeness (QED) is 0.0199. The molecule has 1 atom stereocenters. The normalized spacial score (nSPS) is 13.1. The van der Waals surface area contributed by atoms with Gasteiger partial charge in [0.05, 0.1) is 0 Å². The number of ether oxygens (including phenoxy) is 3. The Hall–Kier alpha value is -4.45. The Bertz CT molecular complexity index is 1510. The lowest BCUT2D eigenvalue weighted by Crippen LogP contribution is -2.30. The molecule has 0 aliphatic heterocycles. The number of carbonyl (C=O) groups is 3. The molecule has 0 aliphatic carbocycles. The average molecular weight is 953 g/mol. The van der Waals surface area contributed by atoms with Gasteiger partial charge in [-0.05, 0) is 109 Å². The Morgan fingerprint density at radius 2 is 0.638 bits per heavy atom. The fraction of sp³-hybridized carbons (Fsp3) is 0.603. The van der Waals surface area contributed by atoms with Crippen molar-refractivity contribution in [1.82, 2.24) is 0 Å². The molecule has 0 spiro atoms. The summed E-state index contributed by atoms with van der Waals surface area (Å²) in [7, 11) is 0. The van der Waals surface area contributed by atoms with Crippen molar-refractivity contribution in [1.29, 1.82) is 0 Å². The van der Waals surface area contributed by atoms with Crippen LogP contribution in [0.3, 0.4) is 0 Å². The number of carbonyl (C=O) groups excluding carboxylic acids is 3. The topological polar surface area (TPSA) is 78.9 Å². The predicted molar refractivity (Wildman–Crippen MR) is 297 cm³/mol. The van der Waals surface area contributed by atoms with Crippen LogP contribution < -0.4 is 0 Å². The molecule has 0 heterocycles. The van der Waals surface area contributed by atoms with E-state index < -0.39 is 6.10 Å². The van der Waals surface area contributed by atoms with Crippen LogP contribution in [0.25, 0.3) is 0 Å². The van der Waals surface area contributed by atoms with Gasteiger partial charge in [-0.2, -0.15) is 0 Å². The molecule has 0 fully saturated rings. The van der Waals surface area contributed by atoms with Gasteiger partial charge in [0.2, 0.25) is 0 Å². The molecule has 0 saturated heterocycles. The Morgan fingerprint density at radius 3 is 1.09 bits per heavy atom. The summed E-state index contributed by atoms with van der Waals surface area (Å²) in [5.41, 5.74) is 0. The molecule has 0 bridgehead atoms. The van der Waals surface area contributed by atoms with Gasteiger partial charge < -0.3 is 14.2 Å². The molecular weight excluding hydrogens is 853 g/mol. The first-order valence-corrected chi connectivity index (χ1v) is 27.8. The molecule has 388 valence electrons. The van der Waals surface area contributed by atoms with Crippen LogP contribution in [0.5, 0.6) is 0 Å². The molecule has 0 saturated carbocycles. The Balaban J connectivity index is 4.50. The van der Waals surface area contributed by atoms with E-state index >= 15 is 0 Å². The third-order valence-corrected chi connectivity index (χ3v) is 11.2. The van der Waals surface area contributed by atoms with Gasteiger partial charge >= 0.3 is 17.9 Å². The molecular formula is C63H100O6. The summed E-state index contributed by atoms with van der Waals surface area (Å²) < 4.78 is 16.8. The van der Waals surface area contributed by atoms with Crippen LogP contribution in [0.4, 0.5) is 0 Å². The summed E-state index contributed by atoms with van der Waals surface area (Å²) in [5, 5.41) is 0. The first-order valence-electron chi connectivity index (χ1n) is 27.8. The lowest BCUT2D eigenvalue weighted by Gasteiger charge is -2.18. The minimum atomic E-state index is -0.815. The van der Waals surface area contributed by atoms with Crippen molar-refractivity contribution >= 4 is 17.9 Å². The van der Waals surface area contributed by atoms with Crippen LogP contribution in [-0.2, 0) is 28.6 Å². The molecule has 0 rings (SSSR count). The first kappa shape index (κ1) is 64.5. The van der Waals surface area contributed by atoms with Crippen molar-refractivity contribution in [3.63, 3.8) is 0 Å². The van der Waals surface area contributed by atoms with E-state index in [-0.39, 0.29) is 31.1 Å². The molecule has 0 radical (unpaired) electrons. The largest absolute Gasteiger partial charge is 0.462 e. The van der Waals surface area contributed by atoms with Gasteiger partial charge in [-0.25, -0.2) is 0 Å². The Kier molecular flexibility index (Phi) is 52.5. The van der Waals surface area contributed by atoms with Crippen LogP contribution in [0.2, 0.25) is 0 Å². The van der Waals surface area contributed by atoms with Crippen LogP contribution in [0.1, 0.15) is 226 Å². The van der Waals surface area contributed by atoms with E-state index in [2.05, 4.69) is 118 Å². The molecule has 0 aromatic carbocycles. The molecule has 6 nitrogen and oxygen atoms in total. The first-order chi connectivity index (χ1) is 34.0. The van der Waals surface area contributed by atoms with Crippen molar-refractivity contribution in [2.75, 3.05) is 13.2 Å². The van der Waals surface area contributed by atoms with E-state index in [0.29, 0.717) is 19.3 Å². The van der Waals surface area contributed by atoms with Crippen molar-refractivity contribution in [2.24, 2.45) is 0 Å². The van der Waals surface area contributed by atoms with E-state index in [9.17, 15) is 14.4 Å². The lowest BCUT2D eigenvalue weighted by molar-refractivity contribution is -0.167. The molecule has 0 amide bonds. The number of allylic oxidation sites excluding steroid dienone is 22. The van der Waals surface area contributed by atoms with Crippen LogP contribution >= 0.6 is 0 Å². The highest BCUT2D eigenvalue weighted by atomic mass is 16.6. The highest BCUT2D eigenvalue weighted by Crippen LogP contribution is 2.14. The lowest BCUT2D eigenvalue weighted by atomic mass is 10.1. The van der Waals surface area contributed by atoms with E-state index in [1.807, 2.05) is 36.5 Å².